The first kappa shape index (κ1) is 26.8. The normalized spacial score (nSPS) is 11.0. The molecule has 0 aliphatic carbocycles. The van der Waals surface area contributed by atoms with Gasteiger partial charge < -0.3 is 21.1 Å². The highest BCUT2D eigenvalue weighted by Gasteiger charge is 2.16. The standard InChI is InChI=1S/C31H26FN3O4/c1-39-31(38)23-16-10-20(11-17-23)18-25(24-6-2-3-7-26(24)32)30(37)34-19-21-12-14-22(15-13-21)29(36)35-28-9-5-4-8-27(28)33/h2-18H,19,33H2,1H3,(H,34,37)(H,35,36)/b25-18+. The predicted octanol–water partition coefficient (Wildman–Crippen LogP) is 5.30. The first-order chi connectivity index (χ1) is 18.9. The van der Waals surface area contributed by atoms with Gasteiger partial charge in [0.05, 0.1) is 29.6 Å². The number of benzene rings is 4. The van der Waals surface area contributed by atoms with Gasteiger partial charge in [0, 0.05) is 17.7 Å². The van der Waals surface area contributed by atoms with Crippen LogP contribution in [0.25, 0.3) is 11.6 Å². The maximum Gasteiger partial charge on any atom is 0.337 e. The highest BCUT2D eigenvalue weighted by Crippen LogP contribution is 2.23. The molecule has 0 aliphatic heterocycles. The Balaban J connectivity index is 1.48. The summed E-state index contributed by atoms with van der Waals surface area (Å²) in [6.07, 6.45) is 1.55. The van der Waals surface area contributed by atoms with Gasteiger partial charge in [-0.25, -0.2) is 9.18 Å². The van der Waals surface area contributed by atoms with Crippen LogP contribution in [0.1, 0.15) is 37.4 Å². The Labute approximate surface area is 225 Å². The van der Waals surface area contributed by atoms with E-state index >= 15 is 0 Å². The average molecular weight is 524 g/mol. The maximum atomic E-state index is 14.7. The Bertz CT molecular complexity index is 1530. The average Bonchev–Trinajstić information content (AvgIpc) is 2.96. The minimum Gasteiger partial charge on any atom is -0.465 e. The zero-order chi connectivity index (χ0) is 27.8. The van der Waals surface area contributed by atoms with Gasteiger partial charge in [0.15, 0.2) is 0 Å². The zero-order valence-electron chi connectivity index (χ0n) is 21.1. The second-order valence-electron chi connectivity index (χ2n) is 8.57. The van der Waals surface area contributed by atoms with Crippen LogP contribution in [-0.4, -0.2) is 24.9 Å². The molecule has 4 N–H and O–H groups in total. The number of amides is 2. The van der Waals surface area contributed by atoms with Gasteiger partial charge in [-0.3, -0.25) is 9.59 Å². The van der Waals surface area contributed by atoms with Crippen LogP contribution in [0.15, 0.2) is 97.1 Å². The molecule has 0 saturated carbocycles. The number of ether oxygens (including phenoxy) is 1. The number of carbonyl (C=O) groups excluding carboxylic acids is 3. The van der Waals surface area contributed by atoms with Crippen LogP contribution < -0.4 is 16.4 Å². The third kappa shape index (κ3) is 6.75. The fourth-order valence-corrected chi connectivity index (χ4v) is 3.80. The second kappa shape index (κ2) is 12.3. The van der Waals surface area contributed by atoms with Crippen molar-refractivity contribution in [2.45, 2.75) is 6.54 Å². The van der Waals surface area contributed by atoms with Gasteiger partial charge in [0.25, 0.3) is 11.8 Å². The van der Waals surface area contributed by atoms with Crippen LogP contribution in [0, 0.1) is 5.82 Å². The fraction of sp³-hybridized carbons (Fsp3) is 0.0645. The first-order valence-corrected chi connectivity index (χ1v) is 12.0. The van der Waals surface area contributed by atoms with Crippen molar-refractivity contribution in [1.29, 1.82) is 0 Å². The molecule has 0 saturated heterocycles. The van der Waals surface area contributed by atoms with E-state index in [0.29, 0.717) is 28.1 Å². The van der Waals surface area contributed by atoms with Crippen LogP contribution in [-0.2, 0) is 16.1 Å². The van der Waals surface area contributed by atoms with E-state index in [9.17, 15) is 18.8 Å². The van der Waals surface area contributed by atoms with Gasteiger partial charge in [-0.15, -0.1) is 0 Å². The molecule has 0 fully saturated rings. The van der Waals surface area contributed by atoms with Gasteiger partial charge >= 0.3 is 5.97 Å². The van der Waals surface area contributed by atoms with E-state index in [0.717, 1.165) is 5.56 Å². The number of hydrogen-bond donors (Lipinski definition) is 3. The van der Waals surface area contributed by atoms with Crippen LogP contribution in [0.4, 0.5) is 15.8 Å². The molecule has 7 nitrogen and oxygen atoms in total. The molecule has 4 aromatic carbocycles. The van der Waals surface area contributed by atoms with Crippen molar-refractivity contribution in [2.75, 3.05) is 18.2 Å². The van der Waals surface area contributed by atoms with Gasteiger partial charge in [-0.1, -0.05) is 54.6 Å². The number of methoxy groups -OCH3 is 1. The predicted molar refractivity (Wildman–Crippen MR) is 149 cm³/mol. The molecule has 8 heteroatoms. The molecule has 0 radical (unpaired) electrons. The second-order valence-corrected chi connectivity index (χ2v) is 8.57. The number of nitrogens with two attached hydrogens (primary N) is 1. The van der Waals surface area contributed by atoms with Crippen molar-refractivity contribution >= 4 is 40.8 Å². The number of nitrogens with one attached hydrogen (secondary N) is 2. The number of rotatable bonds is 8. The van der Waals surface area contributed by atoms with Crippen LogP contribution in [0.5, 0.6) is 0 Å². The first-order valence-electron chi connectivity index (χ1n) is 12.0. The summed E-state index contributed by atoms with van der Waals surface area (Å²) in [6.45, 7) is 0.152. The number of para-hydroxylation sites is 2. The molecule has 4 aromatic rings. The minimum absolute atomic E-state index is 0.121. The number of nitrogen functional groups attached to an aromatic ring is 1. The Morgan fingerprint density at radius 1 is 0.846 bits per heavy atom. The molecule has 2 amide bonds. The topological polar surface area (TPSA) is 111 Å². The summed E-state index contributed by atoms with van der Waals surface area (Å²) in [6, 6.07) is 26.1. The number of carbonyl (C=O) groups is 3. The summed E-state index contributed by atoms with van der Waals surface area (Å²) >= 11 is 0. The number of halogens is 1. The van der Waals surface area contributed by atoms with Gasteiger partial charge in [0.1, 0.15) is 5.82 Å². The SMILES string of the molecule is COC(=O)c1ccc(/C=C(/C(=O)NCc2ccc(C(=O)Nc3ccccc3N)cc2)c2ccccc2F)cc1. The minimum atomic E-state index is -0.542. The lowest BCUT2D eigenvalue weighted by Crippen LogP contribution is -2.24. The van der Waals surface area contributed by atoms with Crippen LogP contribution >= 0.6 is 0 Å². The molecular weight excluding hydrogens is 497 g/mol. The molecule has 0 heterocycles. The lowest BCUT2D eigenvalue weighted by atomic mass is 10.0. The van der Waals surface area contributed by atoms with Crippen molar-refractivity contribution in [2.24, 2.45) is 0 Å². The van der Waals surface area contributed by atoms with E-state index < -0.39 is 17.7 Å². The third-order valence-corrected chi connectivity index (χ3v) is 5.93. The van der Waals surface area contributed by atoms with Crippen molar-refractivity contribution in [1.82, 2.24) is 5.32 Å². The smallest absolute Gasteiger partial charge is 0.337 e. The fourth-order valence-electron chi connectivity index (χ4n) is 3.80. The highest BCUT2D eigenvalue weighted by molar-refractivity contribution is 6.24. The summed E-state index contributed by atoms with van der Waals surface area (Å²) in [7, 11) is 1.29. The van der Waals surface area contributed by atoms with Gasteiger partial charge in [-0.05, 0) is 59.7 Å². The summed E-state index contributed by atoms with van der Waals surface area (Å²) in [5.74, 6) is -1.82. The summed E-state index contributed by atoms with van der Waals surface area (Å²) in [4.78, 5) is 37.5. The Hall–Kier alpha value is -5.24. The quantitative estimate of drug-likeness (QED) is 0.126. The lowest BCUT2D eigenvalue weighted by Gasteiger charge is -2.12. The van der Waals surface area contributed by atoms with Crippen LogP contribution in [0.2, 0.25) is 0 Å². The molecule has 196 valence electrons. The Kier molecular flexibility index (Phi) is 8.48. The summed E-state index contributed by atoms with van der Waals surface area (Å²) < 4.78 is 19.4. The van der Waals surface area contributed by atoms with Gasteiger partial charge in [-0.2, -0.15) is 0 Å². The molecule has 0 unspecified atom stereocenters. The Morgan fingerprint density at radius 3 is 2.15 bits per heavy atom. The highest BCUT2D eigenvalue weighted by atomic mass is 19.1. The summed E-state index contributed by atoms with van der Waals surface area (Å²) in [5.41, 5.74) is 9.26. The van der Waals surface area contributed by atoms with E-state index in [1.54, 1.807) is 91.0 Å². The molecule has 0 bridgehead atoms. The van der Waals surface area contributed by atoms with Crippen molar-refractivity contribution in [3.05, 3.63) is 131 Å². The molecule has 39 heavy (non-hydrogen) atoms. The van der Waals surface area contributed by atoms with Crippen molar-refractivity contribution in [3.63, 3.8) is 0 Å². The van der Waals surface area contributed by atoms with Crippen molar-refractivity contribution in [3.8, 4) is 0 Å². The maximum absolute atomic E-state index is 14.7. The van der Waals surface area contributed by atoms with Crippen molar-refractivity contribution < 1.29 is 23.5 Å². The van der Waals surface area contributed by atoms with E-state index in [-0.39, 0.29) is 23.6 Å². The third-order valence-electron chi connectivity index (χ3n) is 5.93. The zero-order valence-corrected chi connectivity index (χ0v) is 21.1. The Morgan fingerprint density at radius 2 is 1.49 bits per heavy atom. The number of anilines is 2. The number of hydrogen-bond acceptors (Lipinski definition) is 5. The van der Waals surface area contributed by atoms with Crippen LogP contribution in [0.3, 0.4) is 0 Å². The van der Waals surface area contributed by atoms with E-state index in [2.05, 4.69) is 10.6 Å². The molecular formula is C31H26FN3O4. The largest absolute Gasteiger partial charge is 0.465 e. The number of esters is 1. The monoisotopic (exact) mass is 523 g/mol. The van der Waals surface area contributed by atoms with E-state index in [4.69, 9.17) is 10.5 Å². The molecule has 0 aromatic heterocycles. The summed E-state index contributed by atoms with van der Waals surface area (Å²) in [5, 5.41) is 5.58. The van der Waals surface area contributed by atoms with E-state index in [1.165, 1.54) is 19.2 Å². The van der Waals surface area contributed by atoms with Gasteiger partial charge in [0.2, 0.25) is 0 Å². The lowest BCUT2D eigenvalue weighted by molar-refractivity contribution is -0.115. The molecule has 4 rings (SSSR count). The molecule has 0 aliphatic rings. The molecule has 0 spiro atoms. The van der Waals surface area contributed by atoms with E-state index in [1.807, 2.05) is 0 Å². The molecule has 0 atom stereocenters.